The summed E-state index contributed by atoms with van der Waals surface area (Å²) in [4.78, 5) is 7.63. The normalized spacial score (nSPS) is 9.68. The van der Waals surface area contributed by atoms with Gasteiger partial charge in [-0.05, 0) is 31.5 Å². The van der Waals surface area contributed by atoms with Gasteiger partial charge >= 0.3 is 6.01 Å². The van der Waals surface area contributed by atoms with Crippen LogP contribution in [0, 0.1) is 11.6 Å². The number of ether oxygens (including phenoxy) is 1. The summed E-state index contributed by atoms with van der Waals surface area (Å²) in [7, 11) is 0. The molecule has 0 aliphatic rings. The van der Waals surface area contributed by atoms with Gasteiger partial charge in [0, 0.05) is 13.2 Å². The number of nitrogens with zero attached hydrogens (tertiary/aromatic N) is 2. The van der Waals surface area contributed by atoms with Crippen LogP contribution in [-0.4, -0.2) is 28.2 Å². The summed E-state index contributed by atoms with van der Waals surface area (Å²) in [6, 6.07) is 5.96. The first-order valence-electron chi connectivity index (χ1n) is 6.85. The second-order valence-electron chi connectivity index (χ2n) is 4.11. The molecule has 5 nitrogen and oxygen atoms in total. The predicted molar refractivity (Wildman–Crippen MR) is 79.6 cm³/mol. The highest BCUT2D eigenvalue weighted by Gasteiger charge is 2.07. The molecule has 0 atom stereocenters. The SMILES string of the molecule is CCNc1nc(OCc2ccc(F)cc2)ncc1F.CCO. The fourth-order valence-electron chi connectivity index (χ4n) is 1.44. The van der Waals surface area contributed by atoms with Gasteiger partial charge in [0.1, 0.15) is 12.4 Å². The summed E-state index contributed by atoms with van der Waals surface area (Å²) in [5, 5.41) is 10.3. The second kappa shape index (κ2) is 9.62. The highest BCUT2D eigenvalue weighted by molar-refractivity contribution is 5.35. The quantitative estimate of drug-likeness (QED) is 0.889. The molecule has 1 aromatic carbocycles. The minimum Gasteiger partial charge on any atom is -0.459 e. The van der Waals surface area contributed by atoms with E-state index in [9.17, 15) is 8.78 Å². The van der Waals surface area contributed by atoms with E-state index in [4.69, 9.17) is 9.84 Å². The van der Waals surface area contributed by atoms with Crippen molar-refractivity contribution in [3.8, 4) is 6.01 Å². The van der Waals surface area contributed by atoms with Crippen LogP contribution in [0.4, 0.5) is 14.6 Å². The van der Waals surface area contributed by atoms with Gasteiger partial charge in [-0.2, -0.15) is 4.98 Å². The number of aromatic nitrogens is 2. The van der Waals surface area contributed by atoms with Crippen LogP contribution in [-0.2, 0) is 6.61 Å². The topological polar surface area (TPSA) is 67.3 Å². The Morgan fingerprint density at radius 1 is 1.18 bits per heavy atom. The van der Waals surface area contributed by atoms with E-state index in [0.29, 0.717) is 6.54 Å². The fraction of sp³-hybridized carbons (Fsp3) is 0.333. The van der Waals surface area contributed by atoms with Crippen molar-refractivity contribution >= 4 is 5.82 Å². The van der Waals surface area contributed by atoms with E-state index in [-0.39, 0.29) is 30.9 Å². The third-order valence-electron chi connectivity index (χ3n) is 2.35. The van der Waals surface area contributed by atoms with E-state index in [1.165, 1.54) is 12.1 Å². The van der Waals surface area contributed by atoms with Gasteiger partial charge < -0.3 is 15.2 Å². The third kappa shape index (κ3) is 6.01. The number of halogens is 2. The predicted octanol–water partition coefficient (Wildman–Crippen LogP) is 2.76. The molecule has 0 radical (unpaired) electrons. The van der Waals surface area contributed by atoms with Crippen molar-refractivity contribution in [2.45, 2.75) is 20.5 Å². The summed E-state index contributed by atoms with van der Waals surface area (Å²) in [6.07, 6.45) is 1.05. The first kappa shape index (κ1) is 17.8. The van der Waals surface area contributed by atoms with Crippen molar-refractivity contribution in [2.24, 2.45) is 0 Å². The summed E-state index contributed by atoms with van der Waals surface area (Å²) < 4.78 is 31.3. The zero-order valence-corrected chi connectivity index (χ0v) is 12.5. The van der Waals surface area contributed by atoms with Gasteiger partial charge in [-0.25, -0.2) is 13.8 Å². The Hall–Kier alpha value is -2.28. The molecule has 0 bridgehead atoms. The number of anilines is 1. The van der Waals surface area contributed by atoms with E-state index in [2.05, 4.69) is 15.3 Å². The van der Waals surface area contributed by atoms with E-state index in [1.54, 1.807) is 19.1 Å². The molecule has 120 valence electrons. The van der Waals surface area contributed by atoms with Crippen LogP contribution in [0.15, 0.2) is 30.5 Å². The molecule has 2 aromatic rings. The summed E-state index contributed by atoms with van der Waals surface area (Å²) >= 11 is 0. The van der Waals surface area contributed by atoms with E-state index < -0.39 is 5.82 Å². The van der Waals surface area contributed by atoms with Crippen molar-refractivity contribution in [1.82, 2.24) is 9.97 Å². The van der Waals surface area contributed by atoms with E-state index in [0.717, 1.165) is 11.8 Å². The van der Waals surface area contributed by atoms with Crippen LogP contribution < -0.4 is 10.1 Å². The number of rotatable bonds is 5. The Bertz CT molecular complexity index is 565. The lowest BCUT2D eigenvalue weighted by molar-refractivity contribution is 0.279. The molecule has 0 unspecified atom stereocenters. The van der Waals surface area contributed by atoms with Crippen LogP contribution in [0.2, 0.25) is 0 Å². The molecule has 0 aliphatic heterocycles. The van der Waals surface area contributed by atoms with Gasteiger partial charge in [0.2, 0.25) is 0 Å². The number of hydrogen-bond acceptors (Lipinski definition) is 5. The van der Waals surface area contributed by atoms with Crippen LogP contribution >= 0.6 is 0 Å². The average molecular weight is 311 g/mol. The molecule has 0 fully saturated rings. The Kier molecular flexibility index (Phi) is 7.77. The van der Waals surface area contributed by atoms with Crippen LogP contribution in [0.3, 0.4) is 0 Å². The minimum atomic E-state index is -0.531. The number of benzene rings is 1. The molecule has 22 heavy (non-hydrogen) atoms. The van der Waals surface area contributed by atoms with Crippen LogP contribution in [0.25, 0.3) is 0 Å². The highest BCUT2D eigenvalue weighted by Crippen LogP contribution is 2.14. The Balaban J connectivity index is 0.000000745. The number of nitrogens with one attached hydrogen (secondary N) is 1. The smallest absolute Gasteiger partial charge is 0.318 e. The summed E-state index contributed by atoms with van der Waals surface area (Å²) in [5.41, 5.74) is 0.777. The van der Waals surface area contributed by atoms with E-state index >= 15 is 0 Å². The van der Waals surface area contributed by atoms with Crippen molar-refractivity contribution in [1.29, 1.82) is 0 Å². The van der Waals surface area contributed by atoms with Gasteiger partial charge in [0.15, 0.2) is 11.6 Å². The average Bonchev–Trinajstić information content (AvgIpc) is 2.51. The molecule has 0 saturated heterocycles. The molecule has 7 heteroatoms. The van der Waals surface area contributed by atoms with Gasteiger partial charge in [-0.15, -0.1) is 0 Å². The van der Waals surface area contributed by atoms with Gasteiger partial charge in [-0.3, -0.25) is 0 Å². The molecular weight excluding hydrogens is 292 g/mol. The number of hydrogen-bond donors (Lipinski definition) is 2. The maximum absolute atomic E-state index is 13.3. The first-order valence-corrected chi connectivity index (χ1v) is 6.85. The maximum Gasteiger partial charge on any atom is 0.318 e. The third-order valence-corrected chi connectivity index (χ3v) is 2.35. The summed E-state index contributed by atoms with van der Waals surface area (Å²) in [6.45, 7) is 4.50. The van der Waals surface area contributed by atoms with Crippen molar-refractivity contribution in [3.05, 3.63) is 47.7 Å². The molecule has 1 heterocycles. The zero-order valence-electron chi connectivity index (χ0n) is 12.5. The molecule has 2 rings (SSSR count). The van der Waals surface area contributed by atoms with Gasteiger partial charge in [0.05, 0.1) is 6.20 Å². The molecule has 0 saturated carbocycles. The monoisotopic (exact) mass is 311 g/mol. The molecule has 0 spiro atoms. The number of aliphatic hydroxyl groups is 1. The molecule has 0 aliphatic carbocycles. The van der Waals surface area contributed by atoms with Crippen molar-refractivity contribution in [3.63, 3.8) is 0 Å². The lowest BCUT2D eigenvalue weighted by atomic mass is 10.2. The standard InChI is InChI=1S/C13H13F2N3O.C2H6O/c1-2-16-12-11(15)7-17-13(18-12)19-8-9-3-5-10(14)6-4-9;1-2-3/h3-7H,2,8H2,1H3,(H,16,17,18);3H,2H2,1H3. The Labute approximate surface area is 128 Å². The van der Waals surface area contributed by atoms with Crippen LogP contribution in [0.1, 0.15) is 19.4 Å². The van der Waals surface area contributed by atoms with Crippen LogP contribution in [0.5, 0.6) is 6.01 Å². The number of aliphatic hydroxyl groups excluding tert-OH is 1. The van der Waals surface area contributed by atoms with E-state index in [1.807, 2.05) is 6.92 Å². The minimum absolute atomic E-state index is 0.0710. The van der Waals surface area contributed by atoms with Gasteiger partial charge in [-0.1, -0.05) is 12.1 Å². The molecule has 0 amide bonds. The lowest BCUT2D eigenvalue weighted by Gasteiger charge is -2.07. The second-order valence-corrected chi connectivity index (χ2v) is 4.11. The van der Waals surface area contributed by atoms with Crippen molar-refractivity contribution < 1.29 is 18.6 Å². The lowest BCUT2D eigenvalue weighted by Crippen LogP contribution is -2.06. The van der Waals surface area contributed by atoms with Gasteiger partial charge in [0.25, 0.3) is 0 Å². The van der Waals surface area contributed by atoms with Crippen molar-refractivity contribution in [2.75, 3.05) is 18.5 Å². The largest absolute Gasteiger partial charge is 0.459 e. The Morgan fingerprint density at radius 3 is 2.41 bits per heavy atom. The molecule has 2 N–H and O–H groups in total. The fourth-order valence-corrected chi connectivity index (χ4v) is 1.44. The Morgan fingerprint density at radius 2 is 1.82 bits per heavy atom. The highest BCUT2D eigenvalue weighted by atomic mass is 19.1. The zero-order chi connectivity index (χ0) is 16.4. The molecule has 1 aromatic heterocycles. The molecular formula is C15H19F2N3O2. The first-order chi connectivity index (χ1) is 10.6. The maximum atomic E-state index is 13.3. The summed E-state index contributed by atoms with van der Waals surface area (Å²) in [5.74, 6) is -0.737.